The maximum Gasteiger partial charge on any atom is 0.414 e. The summed E-state index contributed by atoms with van der Waals surface area (Å²) in [5.74, 6) is 2.26. The van der Waals surface area contributed by atoms with Crippen LogP contribution in [0.3, 0.4) is 0 Å². The Morgan fingerprint density at radius 3 is 2.44 bits per heavy atom. The van der Waals surface area contributed by atoms with Crippen LogP contribution in [0, 0.1) is 6.92 Å². The first-order chi connectivity index (χ1) is 25.8. The quantitative estimate of drug-likeness (QED) is 0.105. The Balaban J connectivity index is 1.23. The van der Waals surface area contributed by atoms with Gasteiger partial charge in [-0.15, -0.1) is 0 Å². The van der Waals surface area contributed by atoms with Crippen LogP contribution in [0.2, 0.25) is 0 Å². The lowest BCUT2D eigenvalue weighted by Crippen LogP contribution is -2.44. The highest BCUT2D eigenvalue weighted by Crippen LogP contribution is 2.32. The molecule has 2 heterocycles. The van der Waals surface area contributed by atoms with E-state index >= 15 is 0 Å². The van der Waals surface area contributed by atoms with Crippen molar-refractivity contribution in [2.75, 3.05) is 69.5 Å². The first-order valence-electron chi connectivity index (χ1n) is 17.9. The zero-order chi connectivity index (χ0) is 39.0. The minimum atomic E-state index is -0.685. The van der Waals surface area contributed by atoms with Gasteiger partial charge in [-0.3, -0.25) is 14.9 Å². The van der Waals surface area contributed by atoms with Gasteiger partial charge in [0, 0.05) is 38.8 Å². The molecular weight excluding hydrogens is 690 g/mol. The summed E-state index contributed by atoms with van der Waals surface area (Å²) in [6, 6.07) is 15.5. The molecule has 1 aliphatic rings. The number of imidazole rings is 1. The van der Waals surface area contributed by atoms with E-state index in [1.807, 2.05) is 25.1 Å². The number of fused-ring (bicyclic) bond motifs is 1. The van der Waals surface area contributed by atoms with Crippen molar-refractivity contribution in [1.29, 1.82) is 0 Å². The Labute approximate surface area is 315 Å². The fraction of sp³-hybridized carbons (Fsp3) is 0.400. The number of ether oxygens (including phenoxy) is 3. The van der Waals surface area contributed by atoms with Crippen molar-refractivity contribution in [1.82, 2.24) is 19.8 Å². The number of methoxy groups -OCH3 is 1. The summed E-state index contributed by atoms with van der Waals surface area (Å²) >= 11 is 0. The monoisotopic (exact) mass is 739 g/mol. The Bertz CT molecular complexity index is 2040. The molecule has 14 nitrogen and oxygen atoms in total. The van der Waals surface area contributed by atoms with Crippen LogP contribution in [0.25, 0.3) is 11.0 Å². The lowest BCUT2D eigenvalue weighted by Gasteiger charge is -2.34. The number of hydrogen-bond acceptors (Lipinski definition) is 10. The van der Waals surface area contributed by atoms with E-state index in [0.29, 0.717) is 52.4 Å². The molecule has 54 heavy (non-hydrogen) atoms. The van der Waals surface area contributed by atoms with Gasteiger partial charge in [0.15, 0.2) is 0 Å². The molecule has 1 aromatic heterocycles. The average Bonchev–Trinajstić information content (AvgIpc) is 3.55. The summed E-state index contributed by atoms with van der Waals surface area (Å²) < 4.78 is 17.1. The number of nitrogens with one attached hydrogen (secondary N) is 3. The molecule has 0 unspecified atom stereocenters. The fourth-order valence-corrected chi connectivity index (χ4v) is 6.04. The van der Waals surface area contributed by atoms with Crippen molar-refractivity contribution < 1.29 is 33.4 Å². The molecule has 4 aromatic rings. The van der Waals surface area contributed by atoms with Gasteiger partial charge in [0.2, 0.25) is 5.95 Å². The second-order valence-electron chi connectivity index (χ2n) is 14.3. The first-order valence-corrected chi connectivity index (χ1v) is 17.9. The Morgan fingerprint density at radius 2 is 1.74 bits per heavy atom. The van der Waals surface area contributed by atoms with Crippen LogP contribution in [0.15, 0.2) is 60.3 Å². The largest absolute Gasteiger partial charge is 0.496 e. The topological polar surface area (TPSA) is 158 Å². The molecule has 0 bridgehead atoms. The molecule has 1 aliphatic heterocycles. The highest BCUT2D eigenvalue weighted by molar-refractivity contribution is 6.11. The van der Waals surface area contributed by atoms with Gasteiger partial charge in [-0.25, -0.2) is 14.6 Å². The van der Waals surface area contributed by atoms with E-state index in [1.165, 1.54) is 24.1 Å². The van der Waals surface area contributed by atoms with E-state index < -0.39 is 17.6 Å². The number of H-pyrrole nitrogens is 1. The number of allylic oxidation sites excluding steroid dienone is 1. The number of piperazine rings is 1. The molecule has 0 aliphatic carbocycles. The van der Waals surface area contributed by atoms with Crippen molar-refractivity contribution in [3.05, 3.63) is 77.0 Å². The fourth-order valence-electron chi connectivity index (χ4n) is 6.04. The number of aryl methyl sites for hydroxylation is 1. The molecule has 0 atom stereocenters. The number of carbonyl (C=O) groups excluding carboxylic acids is 4. The number of carbonyl (C=O) groups is 3. The van der Waals surface area contributed by atoms with Crippen LogP contribution in [0.1, 0.15) is 66.3 Å². The molecule has 3 aromatic carbocycles. The normalized spacial score (nSPS) is 13.2. The molecule has 3 amide bonds. The van der Waals surface area contributed by atoms with Gasteiger partial charge in [0.1, 0.15) is 28.6 Å². The molecule has 0 spiro atoms. The number of hydrogen-bond donors (Lipinski definition) is 3. The summed E-state index contributed by atoms with van der Waals surface area (Å²) in [4.78, 5) is 64.6. The zero-order valence-electron chi connectivity index (χ0n) is 32.0. The zero-order valence-corrected chi connectivity index (χ0v) is 32.0. The number of unbranched alkanes of at least 4 members (excludes halogenated alkanes) is 1. The number of aromatic amines is 1. The van der Waals surface area contributed by atoms with Crippen LogP contribution < -0.4 is 25.0 Å². The van der Waals surface area contributed by atoms with Crippen molar-refractivity contribution >= 4 is 52.2 Å². The Morgan fingerprint density at radius 1 is 0.981 bits per heavy atom. The minimum absolute atomic E-state index is 0.162. The van der Waals surface area contributed by atoms with Crippen LogP contribution in [0.5, 0.6) is 11.5 Å². The van der Waals surface area contributed by atoms with Gasteiger partial charge in [-0.05, 0) is 102 Å². The van der Waals surface area contributed by atoms with Crippen molar-refractivity contribution in [3.63, 3.8) is 0 Å². The van der Waals surface area contributed by atoms with Gasteiger partial charge in [0.05, 0.1) is 41.9 Å². The summed E-state index contributed by atoms with van der Waals surface area (Å²) in [6.07, 6.45) is 1.47. The molecule has 1 fully saturated rings. The molecule has 0 saturated carbocycles. The molecular formula is C40H49N7O7. The molecule has 3 N–H and O–H groups in total. The number of amides is 3. The minimum Gasteiger partial charge on any atom is -0.496 e. The standard InChI is InChI=1S/C40H49N7O7/c1-26-14-17-32(34(23-26)53-22-9-8-11-28(25-48)47-20-18-45(5)19-21-47)46(6)37(50)27-15-16-29(33(24-27)52-7)36(49)41-30-12-10-13-31-35(30)43-38(42-31)44-39(51)54-40(2,3)4/h10,12-17,23-24H,8-9,11,18-22H2,1-7H3,(H,41,49)(H2,42,43,44,51). The average molecular weight is 740 g/mol. The van der Waals surface area contributed by atoms with E-state index in [0.717, 1.165) is 44.6 Å². The SMILES string of the molecule is COc1cc(C(=O)N(C)c2ccc(C)cc2OCCCCC(=C=O)N2CCN(C)CC2)ccc1C(=O)Nc1cccc2[nH]c(NC(=O)OC(C)(C)C)nc12. The lowest BCUT2D eigenvalue weighted by molar-refractivity contribution is 0.0634. The summed E-state index contributed by atoms with van der Waals surface area (Å²) in [7, 11) is 5.17. The first kappa shape index (κ1) is 39.4. The number of para-hydroxylation sites is 1. The van der Waals surface area contributed by atoms with Crippen molar-refractivity contribution in [2.45, 2.75) is 52.6 Å². The number of rotatable bonds is 13. The van der Waals surface area contributed by atoms with Crippen molar-refractivity contribution in [2.24, 2.45) is 0 Å². The number of anilines is 3. The van der Waals surface area contributed by atoms with Crippen LogP contribution in [-0.2, 0) is 9.53 Å². The van der Waals surface area contributed by atoms with Gasteiger partial charge in [-0.1, -0.05) is 12.1 Å². The molecule has 286 valence electrons. The predicted octanol–water partition coefficient (Wildman–Crippen LogP) is 6.27. The summed E-state index contributed by atoms with van der Waals surface area (Å²) in [6.45, 7) is 11.1. The van der Waals surface area contributed by atoms with Gasteiger partial charge in [0.25, 0.3) is 11.8 Å². The predicted molar refractivity (Wildman–Crippen MR) is 208 cm³/mol. The third kappa shape index (κ3) is 9.97. The number of aromatic nitrogens is 2. The molecule has 5 rings (SSSR count). The van der Waals surface area contributed by atoms with Crippen LogP contribution >= 0.6 is 0 Å². The second-order valence-corrected chi connectivity index (χ2v) is 14.3. The third-order valence-corrected chi connectivity index (χ3v) is 8.92. The molecule has 0 radical (unpaired) electrons. The maximum absolute atomic E-state index is 13.8. The Hall–Kier alpha value is -5.85. The maximum atomic E-state index is 13.8. The summed E-state index contributed by atoms with van der Waals surface area (Å²) in [5, 5.41) is 5.44. The number of benzene rings is 3. The smallest absolute Gasteiger partial charge is 0.414 e. The van der Waals surface area contributed by atoms with Crippen LogP contribution in [0.4, 0.5) is 22.1 Å². The highest BCUT2D eigenvalue weighted by Gasteiger charge is 2.23. The number of likely N-dealkylation sites (N-methyl/N-ethyl adjacent to an activating group) is 1. The van der Waals surface area contributed by atoms with E-state index in [-0.39, 0.29) is 23.2 Å². The third-order valence-electron chi connectivity index (χ3n) is 8.92. The summed E-state index contributed by atoms with van der Waals surface area (Å²) in [5.41, 5.74) is 3.51. The molecule has 14 heteroatoms. The van der Waals surface area contributed by atoms with Gasteiger partial charge >= 0.3 is 6.09 Å². The van der Waals surface area contributed by atoms with E-state index in [9.17, 15) is 19.2 Å². The van der Waals surface area contributed by atoms with E-state index in [1.54, 1.807) is 52.1 Å². The highest BCUT2D eigenvalue weighted by atomic mass is 16.6. The van der Waals surface area contributed by atoms with Gasteiger partial charge < -0.3 is 39.2 Å². The van der Waals surface area contributed by atoms with E-state index in [4.69, 9.17) is 14.2 Å². The number of nitrogens with zero attached hydrogens (tertiary/aromatic N) is 4. The molecule has 1 saturated heterocycles. The van der Waals surface area contributed by atoms with E-state index in [2.05, 4.69) is 43.4 Å². The Kier molecular flexibility index (Phi) is 12.6. The van der Waals surface area contributed by atoms with Crippen LogP contribution in [-0.4, -0.2) is 103 Å². The lowest BCUT2D eigenvalue weighted by atomic mass is 10.1. The second kappa shape index (κ2) is 17.3. The van der Waals surface area contributed by atoms with Crippen molar-refractivity contribution in [3.8, 4) is 11.5 Å². The van der Waals surface area contributed by atoms with Gasteiger partial charge in [-0.2, -0.15) is 0 Å².